The zero-order valence-corrected chi connectivity index (χ0v) is 12.9. The van der Waals surface area contributed by atoms with Crippen molar-refractivity contribution in [2.75, 3.05) is 10.8 Å². The van der Waals surface area contributed by atoms with Gasteiger partial charge in [0.05, 0.1) is 16.0 Å². The molecule has 2 aromatic carbocycles. The van der Waals surface area contributed by atoms with Gasteiger partial charge in [-0.15, -0.1) is 0 Å². The lowest BCUT2D eigenvalue weighted by Gasteiger charge is -2.16. The van der Waals surface area contributed by atoms with Crippen LogP contribution in [0.25, 0.3) is 6.08 Å². The molecule has 0 radical (unpaired) electrons. The largest absolute Gasteiger partial charge is 0.271 e. The first-order chi connectivity index (χ1) is 11.0. The molecule has 0 saturated heterocycles. The van der Waals surface area contributed by atoms with E-state index >= 15 is 0 Å². The lowest BCUT2D eigenvalue weighted by atomic mass is 10.1. The first-order valence-electron chi connectivity index (χ1n) is 7.00. The third kappa shape index (κ3) is 3.09. The molecule has 0 fully saturated rings. The van der Waals surface area contributed by atoms with Crippen LogP contribution in [-0.4, -0.2) is 19.9 Å². The van der Waals surface area contributed by atoms with E-state index in [0.717, 1.165) is 16.5 Å². The molecule has 0 spiro atoms. The molecule has 0 bridgehead atoms. The lowest BCUT2D eigenvalue weighted by molar-refractivity contribution is -0.384. The zero-order valence-electron chi connectivity index (χ0n) is 12.1. The van der Waals surface area contributed by atoms with E-state index in [1.807, 2.05) is 18.2 Å². The van der Waals surface area contributed by atoms with Gasteiger partial charge in [-0.2, -0.15) is 0 Å². The van der Waals surface area contributed by atoms with Crippen LogP contribution in [0.5, 0.6) is 0 Å². The Kier molecular flexibility index (Phi) is 3.87. The molecule has 0 saturated carbocycles. The maximum absolute atomic E-state index is 12.5. The van der Waals surface area contributed by atoms with E-state index in [9.17, 15) is 18.5 Å². The summed E-state index contributed by atoms with van der Waals surface area (Å²) in [6, 6.07) is 13.4. The number of nitro groups is 1. The molecule has 7 heteroatoms. The molecule has 0 atom stereocenters. The number of hydrogen-bond donors (Lipinski definition) is 0. The van der Waals surface area contributed by atoms with Crippen molar-refractivity contribution in [2.45, 2.75) is 6.42 Å². The third-order valence-corrected chi connectivity index (χ3v) is 5.15. The van der Waals surface area contributed by atoms with Gasteiger partial charge >= 0.3 is 0 Å². The van der Waals surface area contributed by atoms with Crippen molar-refractivity contribution in [1.82, 2.24) is 0 Å². The molecule has 0 amide bonds. The highest BCUT2D eigenvalue weighted by molar-refractivity contribution is 7.95. The molecule has 0 N–H and O–H groups in total. The van der Waals surface area contributed by atoms with Crippen LogP contribution in [0, 0.1) is 10.1 Å². The van der Waals surface area contributed by atoms with Gasteiger partial charge in [0.2, 0.25) is 0 Å². The monoisotopic (exact) mass is 330 g/mol. The Labute approximate surface area is 133 Å². The van der Waals surface area contributed by atoms with Gasteiger partial charge in [-0.3, -0.25) is 14.4 Å². The Morgan fingerprint density at radius 1 is 1.13 bits per heavy atom. The topological polar surface area (TPSA) is 80.5 Å². The normalized spacial score (nSPS) is 14.2. The minimum atomic E-state index is -3.68. The number of sulfonamides is 1. The lowest BCUT2D eigenvalue weighted by Crippen LogP contribution is -2.26. The third-order valence-electron chi connectivity index (χ3n) is 3.67. The van der Waals surface area contributed by atoms with E-state index in [0.29, 0.717) is 12.1 Å². The van der Waals surface area contributed by atoms with Crippen molar-refractivity contribution in [1.29, 1.82) is 0 Å². The highest BCUT2D eigenvalue weighted by Gasteiger charge is 2.29. The Hall–Kier alpha value is -2.67. The number of fused-ring (bicyclic) bond motifs is 1. The fourth-order valence-electron chi connectivity index (χ4n) is 2.52. The first kappa shape index (κ1) is 15.2. The molecule has 6 nitrogen and oxygen atoms in total. The van der Waals surface area contributed by atoms with Gasteiger partial charge in [-0.05, 0) is 23.6 Å². The highest BCUT2D eigenvalue weighted by Crippen LogP contribution is 2.34. The van der Waals surface area contributed by atoms with Crippen LogP contribution >= 0.6 is 0 Å². The molecule has 1 aliphatic heterocycles. The number of nitro benzene ring substituents is 1. The molecular formula is C16H14N2O4S. The van der Waals surface area contributed by atoms with Gasteiger partial charge in [0.15, 0.2) is 0 Å². The van der Waals surface area contributed by atoms with E-state index < -0.39 is 14.9 Å². The summed E-state index contributed by atoms with van der Waals surface area (Å²) in [5, 5.41) is 12.0. The Morgan fingerprint density at radius 3 is 2.57 bits per heavy atom. The minimum absolute atomic E-state index is 0.113. The number of hydrogen-bond acceptors (Lipinski definition) is 4. The molecule has 118 valence electrons. The van der Waals surface area contributed by atoms with Gasteiger partial charge < -0.3 is 0 Å². The summed E-state index contributed by atoms with van der Waals surface area (Å²) in [5.74, 6) is 0. The van der Waals surface area contributed by atoms with Crippen LogP contribution in [0.4, 0.5) is 11.4 Å². The van der Waals surface area contributed by atoms with Gasteiger partial charge in [0.1, 0.15) is 0 Å². The van der Waals surface area contributed by atoms with Crippen molar-refractivity contribution in [2.24, 2.45) is 0 Å². The Bertz CT molecular complexity index is 876. The zero-order chi connectivity index (χ0) is 16.4. The summed E-state index contributed by atoms with van der Waals surface area (Å²) in [5.41, 5.74) is 1.84. The average Bonchev–Trinajstić information content (AvgIpc) is 2.98. The molecule has 23 heavy (non-hydrogen) atoms. The number of anilines is 1. The fourth-order valence-corrected chi connectivity index (χ4v) is 3.78. The van der Waals surface area contributed by atoms with Gasteiger partial charge in [0.25, 0.3) is 15.7 Å². The second-order valence-electron chi connectivity index (χ2n) is 5.15. The maximum atomic E-state index is 12.5. The molecular weight excluding hydrogens is 316 g/mol. The smallest absolute Gasteiger partial charge is 0.266 e. The van der Waals surface area contributed by atoms with Crippen molar-refractivity contribution in [3.63, 3.8) is 0 Å². The number of rotatable bonds is 4. The maximum Gasteiger partial charge on any atom is 0.271 e. The fraction of sp³-hybridized carbons (Fsp3) is 0.125. The Balaban J connectivity index is 1.93. The molecule has 0 unspecified atom stereocenters. The van der Waals surface area contributed by atoms with E-state index in [-0.39, 0.29) is 12.2 Å². The second-order valence-corrected chi connectivity index (χ2v) is 6.89. The first-order valence-corrected chi connectivity index (χ1v) is 8.51. The van der Waals surface area contributed by atoms with E-state index in [2.05, 4.69) is 0 Å². The molecule has 1 heterocycles. The van der Waals surface area contributed by atoms with E-state index in [1.54, 1.807) is 18.2 Å². The molecule has 2 aromatic rings. The quantitative estimate of drug-likeness (QED) is 0.637. The van der Waals surface area contributed by atoms with Gasteiger partial charge in [-0.1, -0.05) is 36.4 Å². The average molecular weight is 330 g/mol. The van der Waals surface area contributed by atoms with Crippen LogP contribution in [0.1, 0.15) is 11.1 Å². The standard InChI is InChI=1S/C16H14N2O4S/c19-18(20)15-7-6-14-8-10-17(16(14)12-15)23(21,22)11-9-13-4-2-1-3-5-13/h1-7,9,11-12H,8,10H2/b11-9+. The molecule has 0 aromatic heterocycles. The van der Waals surface area contributed by atoms with Crippen molar-refractivity contribution in [3.8, 4) is 0 Å². The summed E-state index contributed by atoms with van der Waals surface area (Å²) in [6.07, 6.45) is 2.07. The van der Waals surface area contributed by atoms with Gasteiger partial charge in [-0.25, -0.2) is 8.42 Å². The number of non-ortho nitro benzene ring substituents is 1. The van der Waals surface area contributed by atoms with Crippen molar-refractivity contribution in [3.05, 3.63) is 75.2 Å². The Morgan fingerprint density at radius 2 is 1.87 bits per heavy atom. The summed E-state index contributed by atoms with van der Waals surface area (Å²) in [6.45, 7) is 0.290. The molecule has 1 aliphatic rings. The van der Waals surface area contributed by atoms with Crippen LogP contribution in [0.2, 0.25) is 0 Å². The van der Waals surface area contributed by atoms with Crippen molar-refractivity contribution < 1.29 is 13.3 Å². The van der Waals surface area contributed by atoms with E-state index in [4.69, 9.17) is 0 Å². The summed E-state index contributed by atoms with van der Waals surface area (Å²) < 4.78 is 26.3. The number of nitrogens with zero attached hydrogens (tertiary/aromatic N) is 2. The predicted molar refractivity (Wildman–Crippen MR) is 88.5 cm³/mol. The summed E-state index contributed by atoms with van der Waals surface area (Å²) in [4.78, 5) is 10.4. The highest BCUT2D eigenvalue weighted by atomic mass is 32.2. The predicted octanol–water partition coefficient (Wildman–Crippen LogP) is 2.96. The van der Waals surface area contributed by atoms with Crippen LogP contribution < -0.4 is 4.31 Å². The molecule has 0 aliphatic carbocycles. The van der Waals surface area contributed by atoms with Crippen molar-refractivity contribution >= 4 is 27.5 Å². The second kappa shape index (κ2) is 5.85. The summed E-state index contributed by atoms with van der Waals surface area (Å²) in [7, 11) is -3.68. The SMILES string of the molecule is O=[N+]([O-])c1ccc2c(c1)N(S(=O)(=O)/C=C/c1ccccc1)CC2. The van der Waals surface area contributed by atoms with Crippen LogP contribution in [-0.2, 0) is 16.4 Å². The van der Waals surface area contributed by atoms with Crippen LogP contribution in [0.15, 0.2) is 53.9 Å². The minimum Gasteiger partial charge on any atom is -0.266 e. The van der Waals surface area contributed by atoms with Gasteiger partial charge in [0, 0.05) is 18.7 Å². The van der Waals surface area contributed by atoms with Crippen LogP contribution in [0.3, 0.4) is 0 Å². The molecule has 3 rings (SSSR count). The van der Waals surface area contributed by atoms with E-state index in [1.165, 1.54) is 22.5 Å². The summed E-state index contributed by atoms with van der Waals surface area (Å²) >= 11 is 0. The number of benzene rings is 2.